The third kappa shape index (κ3) is 6.64. The Kier molecular flexibility index (Phi) is 9.14. The van der Waals surface area contributed by atoms with Gasteiger partial charge in [-0.1, -0.05) is 45.0 Å². The molecule has 4 aromatic rings. The van der Waals surface area contributed by atoms with Gasteiger partial charge in [0.1, 0.15) is 17.1 Å². The summed E-state index contributed by atoms with van der Waals surface area (Å²) in [4.78, 5) is 17.9. The second-order valence-corrected chi connectivity index (χ2v) is 11.8. The number of pyridine rings is 1. The van der Waals surface area contributed by atoms with E-state index in [9.17, 15) is 9.90 Å². The highest BCUT2D eigenvalue weighted by molar-refractivity contribution is 5.83. The average molecular weight is 546 g/mol. The number of hydrogen-bond donors (Lipinski definition) is 2. The van der Waals surface area contributed by atoms with Gasteiger partial charge in [-0.25, -0.2) is 0 Å². The summed E-state index contributed by atoms with van der Waals surface area (Å²) in [6.45, 7) is 16.2. The molecule has 214 valence electrons. The van der Waals surface area contributed by atoms with Gasteiger partial charge in [0.15, 0.2) is 0 Å². The fraction of sp³-hybridized carbons (Fsp3) is 0.485. The highest BCUT2D eigenvalue weighted by atomic mass is 16.5. The molecule has 4 unspecified atom stereocenters. The minimum Gasteiger partial charge on any atom is -0.461 e. The maximum Gasteiger partial charge on any atom is 0.224 e. The molecule has 3 aromatic heterocycles. The maximum absolute atomic E-state index is 13.2. The number of carbonyl (C=O) groups excluding carboxylic acids is 1. The SMILES string of the molecule is Cc1cnc(C(CCC(C)C)NC(=O)Cc2ccc3oc(C(C)C(O)C(C)c4c(C)noc4C)cc3c2)c(C)c1. The molecule has 0 saturated heterocycles. The number of amides is 1. The molecule has 0 aliphatic carbocycles. The first kappa shape index (κ1) is 29.5. The van der Waals surface area contributed by atoms with Crippen LogP contribution in [0.25, 0.3) is 11.0 Å². The fourth-order valence-electron chi connectivity index (χ4n) is 5.66. The molecule has 0 aliphatic rings. The summed E-state index contributed by atoms with van der Waals surface area (Å²) in [6.07, 6.45) is 3.30. The lowest BCUT2D eigenvalue weighted by molar-refractivity contribution is -0.121. The van der Waals surface area contributed by atoms with Gasteiger partial charge in [0.05, 0.1) is 30.0 Å². The summed E-state index contributed by atoms with van der Waals surface area (Å²) in [5.41, 5.74) is 6.52. The van der Waals surface area contributed by atoms with Crippen LogP contribution in [0.5, 0.6) is 0 Å². The van der Waals surface area contributed by atoms with E-state index in [1.165, 1.54) is 0 Å². The standard InChI is InChI=1S/C33H43N3O4/c1-18(2)9-11-27(32-20(4)13-19(3)17-34-32)35-30(37)15-25-10-12-28-26(14-25)16-29(39-28)21(5)33(38)22(6)31-23(7)36-40-24(31)8/h10,12-14,16-18,21-22,27,33,38H,9,11,15H2,1-8H3,(H,35,37). The molecule has 0 fully saturated rings. The Labute approximate surface area is 237 Å². The van der Waals surface area contributed by atoms with Gasteiger partial charge in [-0.2, -0.15) is 0 Å². The van der Waals surface area contributed by atoms with Gasteiger partial charge in [0.25, 0.3) is 0 Å². The quantitative estimate of drug-likeness (QED) is 0.207. The zero-order valence-electron chi connectivity index (χ0n) is 25.0. The Balaban J connectivity index is 1.48. The van der Waals surface area contributed by atoms with Crippen molar-refractivity contribution in [2.45, 2.75) is 98.6 Å². The van der Waals surface area contributed by atoms with Gasteiger partial charge in [-0.3, -0.25) is 9.78 Å². The van der Waals surface area contributed by atoms with E-state index in [0.717, 1.165) is 63.2 Å². The van der Waals surface area contributed by atoms with Crippen LogP contribution in [0.15, 0.2) is 45.5 Å². The van der Waals surface area contributed by atoms with E-state index in [2.05, 4.69) is 42.3 Å². The zero-order valence-corrected chi connectivity index (χ0v) is 25.0. The van der Waals surface area contributed by atoms with E-state index >= 15 is 0 Å². The highest BCUT2D eigenvalue weighted by Gasteiger charge is 2.30. The van der Waals surface area contributed by atoms with Crippen LogP contribution in [-0.2, 0) is 11.2 Å². The van der Waals surface area contributed by atoms with Crippen LogP contribution in [0.4, 0.5) is 0 Å². The number of nitrogens with zero attached hydrogens (tertiary/aromatic N) is 2. The molecule has 2 N–H and O–H groups in total. The van der Waals surface area contributed by atoms with Crippen LogP contribution >= 0.6 is 0 Å². The first-order valence-corrected chi connectivity index (χ1v) is 14.3. The van der Waals surface area contributed by atoms with E-state index < -0.39 is 6.10 Å². The van der Waals surface area contributed by atoms with E-state index in [1.807, 2.05) is 65.1 Å². The third-order valence-corrected chi connectivity index (χ3v) is 7.94. The maximum atomic E-state index is 13.2. The van der Waals surface area contributed by atoms with Crippen LogP contribution in [-0.4, -0.2) is 27.3 Å². The first-order chi connectivity index (χ1) is 18.9. The molecule has 0 saturated carbocycles. The Morgan fingerprint density at radius 3 is 2.40 bits per heavy atom. The lowest BCUT2D eigenvalue weighted by Gasteiger charge is -2.23. The van der Waals surface area contributed by atoms with Crippen molar-refractivity contribution in [2.24, 2.45) is 5.92 Å². The smallest absolute Gasteiger partial charge is 0.224 e. The predicted octanol–water partition coefficient (Wildman–Crippen LogP) is 7.15. The number of nitrogens with one attached hydrogen (secondary N) is 1. The third-order valence-electron chi connectivity index (χ3n) is 7.94. The number of benzene rings is 1. The van der Waals surface area contributed by atoms with Crippen molar-refractivity contribution in [1.82, 2.24) is 15.5 Å². The Morgan fingerprint density at radius 2 is 1.75 bits per heavy atom. The molecule has 3 heterocycles. The number of aryl methyl sites for hydroxylation is 4. The van der Waals surface area contributed by atoms with Gasteiger partial charge < -0.3 is 19.4 Å². The molecule has 0 spiro atoms. The molecular weight excluding hydrogens is 502 g/mol. The number of fused-ring (bicyclic) bond motifs is 1. The highest BCUT2D eigenvalue weighted by Crippen LogP contribution is 2.35. The van der Waals surface area contributed by atoms with Crippen LogP contribution in [0.1, 0.15) is 104 Å². The Hall–Kier alpha value is -3.45. The van der Waals surface area contributed by atoms with Crippen LogP contribution in [0, 0.1) is 33.6 Å². The van der Waals surface area contributed by atoms with Crippen LogP contribution in [0.2, 0.25) is 0 Å². The normalized spacial score (nSPS) is 14.8. The lowest BCUT2D eigenvalue weighted by Crippen LogP contribution is -2.31. The van der Waals surface area contributed by atoms with Crippen molar-refractivity contribution < 1.29 is 18.8 Å². The minimum absolute atomic E-state index is 0.0318. The van der Waals surface area contributed by atoms with Crippen molar-refractivity contribution in [3.63, 3.8) is 0 Å². The number of rotatable bonds is 11. The topological polar surface area (TPSA) is 101 Å². The summed E-state index contributed by atoms with van der Waals surface area (Å²) in [7, 11) is 0. The van der Waals surface area contributed by atoms with Crippen molar-refractivity contribution in [2.75, 3.05) is 0 Å². The van der Waals surface area contributed by atoms with Gasteiger partial charge in [0.2, 0.25) is 5.91 Å². The molecule has 7 nitrogen and oxygen atoms in total. The summed E-state index contributed by atoms with van der Waals surface area (Å²) < 4.78 is 11.4. The summed E-state index contributed by atoms with van der Waals surface area (Å²) >= 11 is 0. The Morgan fingerprint density at radius 1 is 1.00 bits per heavy atom. The molecule has 0 aliphatic heterocycles. The van der Waals surface area contributed by atoms with E-state index in [1.54, 1.807) is 0 Å². The van der Waals surface area contributed by atoms with E-state index in [0.29, 0.717) is 11.7 Å². The number of aliphatic hydroxyl groups is 1. The number of aromatic nitrogens is 2. The van der Waals surface area contributed by atoms with Crippen molar-refractivity contribution >= 4 is 16.9 Å². The molecule has 4 rings (SSSR count). The lowest BCUT2D eigenvalue weighted by atomic mass is 9.86. The number of aliphatic hydroxyl groups excluding tert-OH is 1. The molecule has 1 amide bonds. The van der Waals surface area contributed by atoms with Crippen LogP contribution in [0.3, 0.4) is 0 Å². The van der Waals surface area contributed by atoms with Crippen molar-refractivity contribution in [3.05, 3.63) is 81.7 Å². The first-order valence-electron chi connectivity index (χ1n) is 14.3. The zero-order chi connectivity index (χ0) is 29.1. The summed E-state index contributed by atoms with van der Waals surface area (Å²) in [6, 6.07) is 9.80. The molecule has 0 radical (unpaired) electrons. The second-order valence-electron chi connectivity index (χ2n) is 11.8. The molecule has 7 heteroatoms. The second kappa shape index (κ2) is 12.4. The summed E-state index contributed by atoms with van der Waals surface area (Å²) in [5.74, 6) is 1.53. The van der Waals surface area contributed by atoms with Gasteiger partial charge in [-0.15, -0.1) is 0 Å². The monoisotopic (exact) mass is 545 g/mol. The molecule has 1 aromatic carbocycles. The predicted molar refractivity (Wildman–Crippen MR) is 157 cm³/mol. The van der Waals surface area contributed by atoms with Gasteiger partial charge >= 0.3 is 0 Å². The van der Waals surface area contributed by atoms with Gasteiger partial charge in [-0.05, 0) is 81.3 Å². The molecule has 0 bridgehead atoms. The van der Waals surface area contributed by atoms with Crippen molar-refractivity contribution in [1.29, 1.82) is 0 Å². The Bertz CT molecular complexity index is 1450. The van der Waals surface area contributed by atoms with Gasteiger partial charge in [0, 0.05) is 29.0 Å². The van der Waals surface area contributed by atoms with E-state index in [4.69, 9.17) is 8.94 Å². The largest absolute Gasteiger partial charge is 0.461 e. The number of hydrogen-bond acceptors (Lipinski definition) is 6. The number of carbonyl (C=O) groups is 1. The van der Waals surface area contributed by atoms with Crippen molar-refractivity contribution in [3.8, 4) is 0 Å². The molecule has 40 heavy (non-hydrogen) atoms. The van der Waals surface area contributed by atoms with E-state index in [-0.39, 0.29) is 30.2 Å². The van der Waals surface area contributed by atoms with Crippen LogP contribution < -0.4 is 5.32 Å². The minimum atomic E-state index is -0.677. The number of furan rings is 1. The fourth-order valence-corrected chi connectivity index (χ4v) is 5.66. The summed E-state index contributed by atoms with van der Waals surface area (Å²) in [5, 5.41) is 19.4. The average Bonchev–Trinajstić information content (AvgIpc) is 3.47. The molecular formula is C33H43N3O4. The molecule has 4 atom stereocenters.